The summed E-state index contributed by atoms with van der Waals surface area (Å²) in [7, 11) is 0. The summed E-state index contributed by atoms with van der Waals surface area (Å²) in [5, 5.41) is 0. The average Bonchev–Trinajstić information content (AvgIpc) is 2.24. The van der Waals surface area contributed by atoms with Gasteiger partial charge >= 0.3 is 94.7 Å². The molecule has 1 saturated heterocycles. The van der Waals surface area contributed by atoms with Gasteiger partial charge in [-0.2, -0.15) is 0 Å². The molecule has 0 spiro atoms. The molecule has 0 radical (unpaired) electrons. The van der Waals surface area contributed by atoms with E-state index in [2.05, 4.69) is 42.2 Å². The number of alkyl halides is 3. The molecule has 0 nitrogen and oxygen atoms in total. The molecule has 0 atom stereocenters. The van der Waals surface area contributed by atoms with Gasteiger partial charge in [0.05, 0.1) is 0 Å². The predicted molar refractivity (Wildman–Crippen MR) is 72.7 cm³/mol. The van der Waals surface area contributed by atoms with Gasteiger partial charge in [0.2, 0.25) is 0 Å². The quantitative estimate of drug-likeness (QED) is 0.545. The Morgan fingerprint density at radius 2 is 1.64 bits per heavy atom. The molecule has 0 amide bonds. The molecule has 0 aromatic heterocycles. The Morgan fingerprint density at radius 3 is 2.21 bits per heavy atom. The van der Waals surface area contributed by atoms with Crippen molar-refractivity contribution in [3.63, 3.8) is 0 Å². The van der Waals surface area contributed by atoms with Crippen molar-refractivity contribution in [1.29, 1.82) is 0 Å². The minimum atomic E-state index is -0.459. The second-order valence-corrected chi connectivity index (χ2v) is 10.8. The molecule has 1 aromatic carbocycles. The first-order valence-electron chi connectivity index (χ1n) is 5.28. The van der Waals surface area contributed by atoms with Crippen molar-refractivity contribution in [2.24, 2.45) is 0 Å². The van der Waals surface area contributed by atoms with Gasteiger partial charge in [-0.1, -0.05) is 0 Å². The SMILES string of the molecule is CI1CCC(C)(c2ccccc2)CC1. The predicted octanol–water partition coefficient (Wildman–Crippen LogP) is 3.87. The summed E-state index contributed by atoms with van der Waals surface area (Å²) < 4.78 is 3.10. The molecule has 1 heterocycles. The van der Waals surface area contributed by atoms with E-state index in [1.54, 1.807) is 14.4 Å². The van der Waals surface area contributed by atoms with E-state index in [-0.39, 0.29) is 0 Å². The summed E-state index contributed by atoms with van der Waals surface area (Å²) in [6, 6.07) is 11.1. The topological polar surface area (TPSA) is 0 Å². The Hall–Kier alpha value is -0.0500. The van der Waals surface area contributed by atoms with E-state index < -0.39 is 19.8 Å². The Kier molecular flexibility index (Phi) is 3.15. The third kappa shape index (κ3) is 2.13. The maximum absolute atomic E-state index is 2.54. The van der Waals surface area contributed by atoms with Gasteiger partial charge in [-0.05, 0) is 0 Å². The maximum atomic E-state index is 2.54. The van der Waals surface area contributed by atoms with Crippen molar-refractivity contribution in [2.45, 2.75) is 25.2 Å². The van der Waals surface area contributed by atoms with Crippen molar-refractivity contribution in [2.75, 3.05) is 13.8 Å². The van der Waals surface area contributed by atoms with Crippen LogP contribution < -0.4 is 0 Å². The molecule has 0 unspecified atom stereocenters. The number of rotatable bonds is 1. The van der Waals surface area contributed by atoms with E-state index in [9.17, 15) is 0 Å². The molecule has 1 fully saturated rings. The van der Waals surface area contributed by atoms with Gasteiger partial charge in [0, 0.05) is 0 Å². The van der Waals surface area contributed by atoms with Gasteiger partial charge in [-0.3, -0.25) is 0 Å². The second-order valence-electron chi connectivity index (χ2n) is 4.53. The number of benzene rings is 1. The van der Waals surface area contributed by atoms with Crippen LogP contribution in [0.15, 0.2) is 30.3 Å². The summed E-state index contributed by atoms with van der Waals surface area (Å²) in [6.45, 7) is 2.45. The molecular weight excluding hydrogens is 283 g/mol. The van der Waals surface area contributed by atoms with Gasteiger partial charge in [0.25, 0.3) is 0 Å². The van der Waals surface area contributed by atoms with Crippen LogP contribution in [0.2, 0.25) is 0 Å². The Morgan fingerprint density at radius 1 is 1.07 bits per heavy atom. The fourth-order valence-corrected chi connectivity index (χ4v) is 6.85. The third-order valence-electron chi connectivity index (χ3n) is 3.41. The molecule has 0 aliphatic carbocycles. The molecule has 14 heavy (non-hydrogen) atoms. The molecule has 1 aromatic rings. The number of hydrogen-bond acceptors (Lipinski definition) is 0. The molecule has 1 heteroatoms. The normalized spacial score (nSPS) is 23.4. The number of hydrogen-bond donors (Lipinski definition) is 0. The van der Waals surface area contributed by atoms with E-state index in [0.717, 1.165) is 0 Å². The zero-order chi connectivity index (χ0) is 10.0. The summed E-state index contributed by atoms with van der Waals surface area (Å²) in [4.78, 5) is 2.54. The Balaban J connectivity index is 2.17. The third-order valence-corrected chi connectivity index (χ3v) is 8.17. The van der Waals surface area contributed by atoms with Crippen molar-refractivity contribution in [3.8, 4) is 0 Å². The first-order valence-corrected chi connectivity index (χ1v) is 10.5. The van der Waals surface area contributed by atoms with Crippen molar-refractivity contribution in [3.05, 3.63) is 35.9 Å². The van der Waals surface area contributed by atoms with Crippen LogP contribution in [0.25, 0.3) is 0 Å². The van der Waals surface area contributed by atoms with E-state index in [1.807, 2.05) is 0 Å². The molecule has 0 N–H and O–H groups in total. The Labute approximate surface area is 94.5 Å². The van der Waals surface area contributed by atoms with Gasteiger partial charge in [0.1, 0.15) is 0 Å². The Bertz CT molecular complexity index is 283. The van der Waals surface area contributed by atoms with Crippen LogP contribution in [0.5, 0.6) is 0 Å². The zero-order valence-electron chi connectivity index (χ0n) is 9.09. The van der Waals surface area contributed by atoms with Crippen molar-refractivity contribution < 1.29 is 0 Å². The van der Waals surface area contributed by atoms with Crippen LogP contribution in [0.3, 0.4) is 0 Å². The average molecular weight is 302 g/mol. The molecule has 2 rings (SSSR count). The molecular formula is C13H19I. The van der Waals surface area contributed by atoms with Crippen LogP contribution >= 0.6 is 19.8 Å². The van der Waals surface area contributed by atoms with Crippen molar-refractivity contribution >= 4 is 19.8 Å². The van der Waals surface area contributed by atoms with Gasteiger partial charge < -0.3 is 0 Å². The molecule has 0 bridgehead atoms. The monoisotopic (exact) mass is 302 g/mol. The van der Waals surface area contributed by atoms with Crippen LogP contribution in [-0.4, -0.2) is 13.8 Å². The summed E-state index contributed by atoms with van der Waals surface area (Å²) in [5.41, 5.74) is 2.05. The molecule has 0 saturated carbocycles. The van der Waals surface area contributed by atoms with Crippen molar-refractivity contribution in [1.82, 2.24) is 0 Å². The van der Waals surface area contributed by atoms with E-state index >= 15 is 0 Å². The number of halogens is 1. The van der Waals surface area contributed by atoms with Gasteiger partial charge in [0.15, 0.2) is 0 Å². The standard InChI is InChI=1S/C13H19I/c1-13(8-10-14(2)11-9-13)12-6-4-3-5-7-12/h3-7H,8-11H2,1-2H3. The fourth-order valence-electron chi connectivity index (χ4n) is 2.09. The molecule has 1 aliphatic heterocycles. The van der Waals surface area contributed by atoms with Gasteiger partial charge in [-0.15, -0.1) is 0 Å². The summed E-state index contributed by atoms with van der Waals surface area (Å²) >= 11 is -0.459. The van der Waals surface area contributed by atoms with E-state index in [0.29, 0.717) is 5.41 Å². The van der Waals surface area contributed by atoms with Crippen LogP contribution in [0.1, 0.15) is 25.3 Å². The van der Waals surface area contributed by atoms with Crippen LogP contribution in [0, 0.1) is 0 Å². The van der Waals surface area contributed by atoms with Crippen LogP contribution in [0.4, 0.5) is 0 Å². The molecule has 1 aliphatic rings. The van der Waals surface area contributed by atoms with E-state index in [4.69, 9.17) is 0 Å². The minimum absolute atomic E-state index is 0.459. The zero-order valence-corrected chi connectivity index (χ0v) is 11.3. The van der Waals surface area contributed by atoms with Crippen LogP contribution in [-0.2, 0) is 5.41 Å². The fraction of sp³-hybridized carbons (Fsp3) is 0.538. The second kappa shape index (κ2) is 4.21. The molecule has 78 valence electrons. The van der Waals surface area contributed by atoms with E-state index in [1.165, 1.54) is 12.8 Å². The summed E-state index contributed by atoms with van der Waals surface area (Å²) in [6.07, 6.45) is 2.86. The summed E-state index contributed by atoms with van der Waals surface area (Å²) in [5.74, 6) is 0. The van der Waals surface area contributed by atoms with Gasteiger partial charge in [-0.25, -0.2) is 0 Å². The first kappa shape index (κ1) is 10.5. The first-order chi connectivity index (χ1) is 6.71.